The summed E-state index contributed by atoms with van der Waals surface area (Å²) in [6.45, 7) is 4.85. The van der Waals surface area contributed by atoms with Crippen LogP contribution in [0.1, 0.15) is 87.2 Å². The maximum Gasteiger partial charge on any atom is 0.339 e. The van der Waals surface area contributed by atoms with Crippen LogP contribution in [0.3, 0.4) is 0 Å². The molecule has 0 unspecified atom stereocenters. The number of amides is 2. The minimum absolute atomic E-state index is 0.0139. The summed E-state index contributed by atoms with van der Waals surface area (Å²) >= 11 is 0. The van der Waals surface area contributed by atoms with Gasteiger partial charge in [-0.05, 0) is 82.2 Å². The van der Waals surface area contributed by atoms with Gasteiger partial charge in [-0.1, -0.05) is 48.5 Å². The molecule has 1 saturated heterocycles. The van der Waals surface area contributed by atoms with Gasteiger partial charge in [-0.15, -0.1) is 0 Å². The molecular formula is C44H56N2O11. The van der Waals surface area contributed by atoms with Crippen LogP contribution in [0.2, 0.25) is 0 Å². The molecule has 2 amide bonds. The van der Waals surface area contributed by atoms with E-state index in [-0.39, 0.29) is 56.3 Å². The fraction of sp³-hybridized carbons (Fsp3) is 0.545. The van der Waals surface area contributed by atoms with E-state index in [0.717, 1.165) is 31.2 Å². The van der Waals surface area contributed by atoms with E-state index in [1.807, 2.05) is 30.3 Å². The molecule has 6 rings (SSSR count). The molecule has 3 fully saturated rings. The van der Waals surface area contributed by atoms with Crippen molar-refractivity contribution in [3.05, 3.63) is 89.2 Å². The Morgan fingerprint density at radius 2 is 1.67 bits per heavy atom. The summed E-state index contributed by atoms with van der Waals surface area (Å²) in [4.78, 5) is 56.4. The molecule has 0 aromatic heterocycles. The lowest BCUT2D eigenvalue weighted by Gasteiger charge is -2.34. The molecule has 0 spiro atoms. The summed E-state index contributed by atoms with van der Waals surface area (Å²) < 4.78 is 30.5. The van der Waals surface area contributed by atoms with Crippen LogP contribution in [-0.4, -0.2) is 108 Å². The second kappa shape index (κ2) is 18.4. The minimum atomic E-state index is -1.00. The number of ether oxygens (including phenoxy) is 5. The normalized spacial score (nSPS) is 22.5. The Labute approximate surface area is 334 Å². The average Bonchev–Trinajstić information content (AvgIpc) is 4.14. The molecule has 0 radical (unpaired) electrons. The Morgan fingerprint density at radius 3 is 2.32 bits per heavy atom. The first-order valence-electron chi connectivity index (χ1n) is 20.0. The lowest BCUT2D eigenvalue weighted by atomic mass is 9.90. The highest BCUT2D eigenvalue weighted by molar-refractivity contribution is 5.98. The van der Waals surface area contributed by atoms with Crippen LogP contribution >= 0.6 is 0 Å². The van der Waals surface area contributed by atoms with E-state index in [1.54, 1.807) is 64.2 Å². The molecule has 2 aromatic rings. The smallest absolute Gasteiger partial charge is 0.339 e. The van der Waals surface area contributed by atoms with Crippen molar-refractivity contribution in [2.75, 3.05) is 26.9 Å². The van der Waals surface area contributed by atoms with E-state index in [2.05, 4.69) is 5.32 Å². The molecule has 4 aliphatic rings. The number of carbonyl (C=O) groups is 4. The molecule has 3 N–H and O–H groups in total. The summed E-state index contributed by atoms with van der Waals surface area (Å²) in [7, 11) is 1.56. The lowest BCUT2D eigenvalue weighted by Crippen LogP contribution is -2.53. The molecular weight excluding hydrogens is 732 g/mol. The first kappa shape index (κ1) is 42.1. The Hall–Kier alpha value is -4.56. The largest absolute Gasteiger partial charge is 0.499 e. The van der Waals surface area contributed by atoms with Crippen LogP contribution in [0.4, 0.5) is 0 Å². The van der Waals surface area contributed by atoms with Crippen LogP contribution in [-0.2, 0) is 44.5 Å². The first-order chi connectivity index (χ1) is 27.3. The molecule has 57 heavy (non-hydrogen) atoms. The van der Waals surface area contributed by atoms with Gasteiger partial charge >= 0.3 is 11.9 Å². The highest BCUT2D eigenvalue weighted by atomic mass is 16.8. The number of aliphatic hydroxyl groups excluding tert-OH is 2. The van der Waals surface area contributed by atoms with Crippen molar-refractivity contribution in [2.24, 2.45) is 11.8 Å². The van der Waals surface area contributed by atoms with Gasteiger partial charge in [0.1, 0.15) is 36.6 Å². The van der Waals surface area contributed by atoms with Gasteiger partial charge in [0.2, 0.25) is 11.8 Å². The van der Waals surface area contributed by atoms with Crippen LogP contribution in [0.5, 0.6) is 0 Å². The molecule has 1 aliphatic heterocycles. The van der Waals surface area contributed by atoms with Gasteiger partial charge in [0, 0.05) is 43.7 Å². The third-order valence-corrected chi connectivity index (χ3v) is 10.7. The number of rotatable bonds is 18. The standard InChI is InChI=1S/C44H56N2O11/c1-43(2,3)56-38(49)19-18-33(27-48)45-40(50)35(24-28-10-6-5-7-11-28)46(4)41(51)30-25-36(39-37(26-30)55-44(57-39,31-14-15-31)32-16-17-32)54-42(52)34-13-9-8-12-29(34)20-22-53-23-21-47/h5-13,20,22,26,31-33,35-37,39,47-48H,14-19,21,23-25,27H2,1-4H3,(H,45,50)/t33-,35+,36+,37+,39-/m0/s1. The molecule has 1 heterocycles. The van der Waals surface area contributed by atoms with E-state index in [1.165, 1.54) is 11.2 Å². The third-order valence-electron chi connectivity index (χ3n) is 10.7. The number of esters is 2. The number of hydrogen-bond acceptors (Lipinski definition) is 11. The average molecular weight is 789 g/mol. The summed E-state index contributed by atoms with van der Waals surface area (Å²) in [5, 5.41) is 22.1. The lowest BCUT2D eigenvalue weighted by molar-refractivity contribution is -0.209. The van der Waals surface area contributed by atoms with Crippen molar-refractivity contribution in [1.29, 1.82) is 0 Å². The van der Waals surface area contributed by atoms with Crippen molar-refractivity contribution in [3.63, 3.8) is 0 Å². The second-order valence-corrected chi connectivity index (χ2v) is 16.4. The Kier molecular flexibility index (Phi) is 13.5. The van der Waals surface area contributed by atoms with Crippen molar-refractivity contribution in [2.45, 2.75) is 114 Å². The number of benzene rings is 2. The maximum atomic E-state index is 14.6. The summed E-state index contributed by atoms with van der Waals surface area (Å²) in [5.74, 6) is -2.35. The van der Waals surface area contributed by atoms with Gasteiger partial charge in [0.15, 0.2) is 5.79 Å². The zero-order chi connectivity index (χ0) is 40.7. The summed E-state index contributed by atoms with van der Waals surface area (Å²) in [5.41, 5.74) is 1.31. The van der Waals surface area contributed by atoms with Gasteiger partial charge in [-0.25, -0.2) is 4.79 Å². The summed E-state index contributed by atoms with van der Waals surface area (Å²) in [6, 6.07) is 14.5. The predicted molar refractivity (Wildman–Crippen MR) is 209 cm³/mol. The molecule has 308 valence electrons. The second-order valence-electron chi connectivity index (χ2n) is 16.4. The highest BCUT2D eigenvalue weighted by Gasteiger charge is 2.64. The fourth-order valence-electron chi connectivity index (χ4n) is 7.63. The Balaban J connectivity index is 1.24. The SMILES string of the molecule is CN(C(=O)C1=C[C@H]2OC(C3CC3)(C3CC3)O[C@H]2[C@H](OC(=O)c2ccccc2C=COCCO)C1)[C@H](Cc1ccccc1)C(=O)N[C@H](CO)CCC(=O)OC(C)(C)C. The Morgan fingerprint density at radius 1 is 0.982 bits per heavy atom. The number of likely N-dealkylation sites (N-methyl/N-ethyl adjacent to an activating group) is 1. The van der Waals surface area contributed by atoms with Crippen LogP contribution in [0.25, 0.3) is 6.08 Å². The van der Waals surface area contributed by atoms with Crippen molar-refractivity contribution >= 4 is 29.8 Å². The molecule has 3 aliphatic carbocycles. The third kappa shape index (κ3) is 10.7. The highest BCUT2D eigenvalue weighted by Crippen LogP contribution is 2.59. The van der Waals surface area contributed by atoms with E-state index >= 15 is 0 Å². The molecule has 0 bridgehead atoms. The minimum Gasteiger partial charge on any atom is -0.499 e. The molecule has 13 nitrogen and oxygen atoms in total. The molecule has 13 heteroatoms. The number of carbonyl (C=O) groups excluding carboxylic acids is 4. The zero-order valence-electron chi connectivity index (χ0n) is 33.3. The van der Waals surface area contributed by atoms with E-state index in [9.17, 15) is 24.3 Å². The maximum absolute atomic E-state index is 14.6. The van der Waals surface area contributed by atoms with Gasteiger partial charge in [-0.3, -0.25) is 14.4 Å². The first-order valence-corrected chi connectivity index (χ1v) is 20.0. The van der Waals surface area contributed by atoms with Gasteiger partial charge in [0.25, 0.3) is 0 Å². The van der Waals surface area contributed by atoms with Crippen molar-refractivity contribution < 1.29 is 53.1 Å². The monoisotopic (exact) mass is 788 g/mol. The van der Waals surface area contributed by atoms with Crippen LogP contribution in [0.15, 0.2) is 72.5 Å². The fourth-order valence-corrected chi connectivity index (χ4v) is 7.63. The molecule has 2 aromatic carbocycles. The number of aliphatic hydroxyl groups is 2. The van der Waals surface area contributed by atoms with Crippen LogP contribution < -0.4 is 5.32 Å². The number of hydrogen-bond donors (Lipinski definition) is 3. The molecule has 5 atom stereocenters. The Bertz CT molecular complexity index is 1780. The topological polar surface area (TPSA) is 170 Å². The van der Waals surface area contributed by atoms with E-state index in [4.69, 9.17) is 28.8 Å². The van der Waals surface area contributed by atoms with Crippen molar-refractivity contribution in [3.8, 4) is 0 Å². The van der Waals surface area contributed by atoms with Crippen molar-refractivity contribution in [1.82, 2.24) is 10.2 Å². The van der Waals surface area contributed by atoms with Crippen LogP contribution in [0, 0.1) is 11.8 Å². The zero-order valence-corrected chi connectivity index (χ0v) is 33.3. The number of nitrogens with zero attached hydrogens (tertiary/aromatic N) is 1. The van der Waals surface area contributed by atoms with Gasteiger partial charge in [0.05, 0.1) is 31.1 Å². The van der Waals surface area contributed by atoms with Gasteiger partial charge < -0.3 is 44.1 Å². The van der Waals surface area contributed by atoms with E-state index < -0.39 is 72.1 Å². The number of nitrogens with one attached hydrogen (secondary N) is 1. The predicted octanol–water partition coefficient (Wildman–Crippen LogP) is 4.49. The number of fused-ring (bicyclic) bond motifs is 1. The molecule has 2 saturated carbocycles. The van der Waals surface area contributed by atoms with Gasteiger partial charge in [-0.2, -0.15) is 0 Å². The summed E-state index contributed by atoms with van der Waals surface area (Å²) in [6.07, 6.45) is 6.82. The van der Waals surface area contributed by atoms with E-state index in [0.29, 0.717) is 11.1 Å². The quantitative estimate of drug-likeness (QED) is 0.111.